The Bertz CT molecular complexity index is 531. The number of piperazine rings is 1. The predicted molar refractivity (Wildman–Crippen MR) is 152 cm³/mol. The molecule has 3 heterocycles. The maximum atomic E-state index is 6.02. The summed E-state index contributed by atoms with van der Waals surface area (Å²) in [6.07, 6.45) is 0. The van der Waals surface area contributed by atoms with Crippen molar-refractivity contribution in [3.63, 3.8) is 0 Å². The third-order valence-electron chi connectivity index (χ3n) is 7.08. The fourth-order valence-electron chi connectivity index (χ4n) is 4.16. The molecular formula is C24H52N6O6P2. The van der Waals surface area contributed by atoms with Gasteiger partial charge in [-0.25, -0.2) is 0 Å². The van der Waals surface area contributed by atoms with Crippen LogP contribution in [0, 0.1) is 0 Å². The Hall–Kier alpha value is 0.380. The molecule has 14 heteroatoms. The molecule has 3 fully saturated rings. The first kappa shape index (κ1) is 32.9. The monoisotopic (exact) mass is 582 g/mol. The molecule has 0 saturated carbocycles. The molecule has 0 unspecified atom stereocenters. The van der Waals surface area contributed by atoms with Crippen LogP contribution < -0.4 is 0 Å². The fourth-order valence-corrected chi connectivity index (χ4v) is 6.00. The smallest absolute Gasteiger partial charge is 0.311 e. The largest absolute Gasteiger partial charge is 0.332 e. The van der Waals surface area contributed by atoms with E-state index in [0.29, 0.717) is 39.6 Å². The molecule has 3 rings (SSSR count). The number of nitrogens with zero attached hydrogens (tertiary/aromatic N) is 6. The summed E-state index contributed by atoms with van der Waals surface area (Å²) < 4.78 is 35.7. The highest BCUT2D eigenvalue weighted by molar-refractivity contribution is 7.41. The molecule has 3 aliphatic rings. The maximum Gasteiger partial charge on any atom is 0.332 e. The predicted octanol–water partition coefficient (Wildman–Crippen LogP) is 0.912. The van der Waals surface area contributed by atoms with Gasteiger partial charge in [-0.2, -0.15) is 0 Å². The van der Waals surface area contributed by atoms with Crippen LogP contribution in [-0.2, 0) is 27.1 Å². The normalized spacial score (nSPS) is 26.2. The Morgan fingerprint density at radius 2 is 0.737 bits per heavy atom. The molecule has 0 bridgehead atoms. The zero-order chi connectivity index (χ0) is 27.0. The molecular weight excluding hydrogens is 530 g/mol. The lowest BCUT2D eigenvalue weighted by molar-refractivity contribution is 0.0872. The van der Waals surface area contributed by atoms with Gasteiger partial charge in [-0.05, 0) is 28.2 Å². The molecule has 0 spiro atoms. The summed E-state index contributed by atoms with van der Waals surface area (Å²) in [5, 5.41) is 0. The quantitative estimate of drug-likeness (QED) is 0.382. The van der Waals surface area contributed by atoms with Crippen LogP contribution in [0.25, 0.3) is 0 Å². The van der Waals surface area contributed by atoms with Crippen molar-refractivity contribution in [1.82, 2.24) is 29.4 Å². The summed E-state index contributed by atoms with van der Waals surface area (Å²) >= 11 is 0. The van der Waals surface area contributed by atoms with Crippen LogP contribution >= 0.6 is 17.2 Å². The molecule has 12 nitrogen and oxygen atoms in total. The molecule has 0 aromatic heterocycles. The second kappa shape index (κ2) is 19.5. The Morgan fingerprint density at radius 3 is 1.03 bits per heavy atom. The lowest BCUT2D eigenvalue weighted by Crippen LogP contribution is -2.48. The molecule has 0 aromatic rings. The van der Waals surface area contributed by atoms with Crippen LogP contribution in [0.4, 0.5) is 0 Å². The van der Waals surface area contributed by atoms with E-state index in [0.717, 1.165) is 91.6 Å². The summed E-state index contributed by atoms with van der Waals surface area (Å²) in [4.78, 5) is 14.1. The highest BCUT2D eigenvalue weighted by atomic mass is 31.2. The van der Waals surface area contributed by atoms with Crippen LogP contribution in [0.1, 0.15) is 0 Å². The van der Waals surface area contributed by atoms with E-state index in [2.05, 4.69) is 57.6 Å². The molecule has 224 valence electrons. The van der Waals surface area contributed by atoms with Crippen LogP contribution in [0.2, 0.25) is 0 Å². The zero-order valence-electron chi connectivity index (χ0n) is 24.2. The second-order valence-corrected chi connectivity index (χ2v) is 12.8. The van der Waals surface area contributed by atoms with Gasteiger partial charge in [0.2, 0.25) is 0 Å². The van der Waals surface area contributed by atoms with Gasteiger partial charge in [0, 0.05) is 91.6 Å². The van der Waals surface area contributed by atoms with Crippen molar-refractivity contribution in [2.45, 2.75) is 0 Å². The van der Waals surface area contributed by atoms with Crippen molar-refractivity contribution in [2.75, 3.05) is 159 Å². The molecule has 0 N–H and O–H groups in total. The van der Waals surface area contributed by atoms with Crippen LogP contribution in [0.3, 0.4) is 0 Å². The Balaban J connectivity index is 1.26. The molecule has 0 radical (unpaired) electrons. The standard InChI is InChI=1S/C24H52N6O6P2/c1-25-5-6-26(2)14-20-32-37(31-19-13-25)35-23-17-29-9-11-30(12-10-29)18-24-36-38-33-21-15-27(3)7-8-28(4)16-22-34-38/h5-24H2,1-4H3. The van der Waals surface area contributed by atoms with Crippen LogP contribution in [0.5, 0.6) is 0 Å². The van der Waals surface area contributed by atoms with Crippen molar-refractivity contribution < 1.29 is 27.1 Å². The third-order valence-corrected chi connectivity index (χ3v) is 9.44. The van der Waals surface area contributed by atoms with E-state index < -0.39 is 17.2 Å². The van der Waals surface area contributed by atoms with Gasteiger partial charge in [-0.15, -0.1) is 0 Å². The van der Waals surface area contributed by atoms with E-state index in [9.17, 15) is 0 Å². The molecule has 38 heavy (non-hydrogen) atoms. The topological polar surface area (TPSA) is 74.8 Å². The molecule has 0 aliphatic carbocycles. The Labute approximate surface area is 233 Å². The van der Waals surface area contributed by atoms with Crippen LogP contribution in [0.15, 0.2) is 0 Å². The highest BCUT2D eigenvalue weighted by Crippen LogP contribution is 2.40. The van der Waals surface area contributed by atoms with Gasteiger partial charge in [-0.3, -0.25) is 9.80 Å². The molecule has 0 atom stereocenters. The van der Waals surface area contributed by atoms with Crippen LogP contribution in [-0.4, -0.2) is 189 Å². The van der Waals surface area contributed by atoms with Gasteiger partial charge in [0.05, 0.1) is 39.6 Å². The summed E-state index contributed by atoms with van der Waals surface area (Å²) in [6.45, 7) is 17.4. The van der Waals surface area contributed by atoms with Crippen molar-refractivity contribution >= 4 is 17.2 Å². The first-order valence-corrected chi connectivity index (χ1v) is 16.2. The second-order valence-electron chi connectivity index (χ2n) is 10.3. The van der Waals surface area contributed by atoms with Crippen molar-refractivity contribution in [1.29, 1.82) is 0 Å². The Morgan fingerprint density at radius 1 is 0.447 bits per heavy atom. The summed E-state index contributed by atoms with van der Waals surface area (Å²) in [5.74, 6) is 0. The van der Waals surface area contributed by atoms with Gasteiger partial charge in [0.15, 0.2) is 0 Å². The van der Waals surface area contributed by atoms with Gasteiger partial charge < -0.3 is 46.7 Å². The highest BCUT2D eigenvalue weighted by Gasteiger charge is 2.21. The average Bonchev–Trinajstić information content (AvgIpc) is 2.96. The van der Waals surface area contributed by atoms with E-state index in [1.807, 2.05) is 0 Å². The van der Waals surface area contributed by atoms with Crippen molar-refractivity contribution in [3.8, 4) is 0 Å². The van der Waals surface area contributed by atoms with Gasteiger partial charge in [-0.1, -0.05) is 0 Å². The first-order chi connectivity index (χ1) is 18.5. The Kier molecular flexibility index (Phi) is 16.9. The van der Waals surface area contributed by atoms with Gasteiger partial charge >= 0.3 is 17.2 Å². The number of hydrogen-bond acceptors (Lipinski definition) is 12. The maximum absolute atomic E-state index is 6.02. The van der Waals surface area contributed by atoms with Crippen molar-refractivity contribution in [2.24, 2.45) is 0 Å². The lowest BCUT2D eigenvalue weighted by atomic mass is 10.3. The number of likely N-dealkylation sites (N-methyl/N-ethyl adjacent to an activating group) is 4. The molecule has 3 saturated heterocycles. The fraction of sp³-hybridized carbons (Fsp3) is 1.00. The minimum atomic E-state index is -1.29. The van der Waals surface area contributed by atoms with E-state index in [1.165, 1.54) is 0 Å². The van der Waals surface area contributed by atoms with E-state index in [-0.39, 0.29) is 0 Å². The van der Waals surface area contributed by atoms with Gasteiger partial charge in [0.1, 0.15) is 0 Å². The summed E-state index contributed by atoms with van der Waals surface area (Å²) in [5.41, 5.74) is 0. The van der Waals surface area contributed by atoms with E-state index >= 15 is 0 Å². The minimum absolute atomic E-state index is 0.629. The summed E-state index contributed by atoms with van der Waals surface area (Å²) in [6, 6.07) is 0. The lowest BCUT2D eigenvalue weighted by Gasteiger charge is -2.34. The van der Waals surface area contributed by atoms with Gasteiger partial charge in [0.25, 0.3) is 0 Å². The average molecular weight is 583 g/mol. The molecule has 3 aliphatic heterocycles. The minimum Gasteiger partial charge on any atom is -0.311 e. The summed E-state index contributed by atoms with van der Waals surface area (Å²) in [7, 11) is 5.94. The van der Waals surface area contributed by atoms with E-state index in [1.54, 1.807) is 0 Å². The third kappa shape index (κ3) is 14.3. The van der Waals surface area contributed by atoms with E-state index in [4.69, 9.17) is 27.1 Å². The first-order valence-electron chi connectivity index (χ1n) is 14.0. The SMILES string of the molecule is CN1CCOP(OCCN2CCN(CCOP3OCCN(C)CCN(C)CCO3)CC2)OCCN(C)CC1. The number of hydrogen-bond donors (Lipinski definition) is 0. The zero-order valence-corrected chi connectivity index (χ0v) is 26.0. The number of rotatable bonds is 8. The molecule has 0 amide bonds. The van der Waals surface area contributed by atoms with Crippen molar-refractivity contribution in [3.05, 3.63) is 0 Å². The molecule has 0 aromatic carbocycles.